The van der Waals surface area contributed by atoms with E-state index >= 15 is 0 Å². The number of pyridine rings is 1. The largest absolute Gasteiger partial charge is 0.369 e. The highest BCUT2D eigenvalue weighted by atomic mass is 16.1. The van der Waals surface area contributed by atoms with Gasteiger partial charge >= 0.3 is 0 Å². The quantitative estimate of drug-likeness (QED) is 0.924. The summed E-state index contributed by atoms with van der Waals surface area (Å²) in [6.07, 6.45) is 3.21. The van der Waals surface area contributed by atoms with Crippen molar-refractivity contribution in [2.24, 2.45) is 5.73 Å². The summed E-state index contributed by atoms with van der Waals surface area (Å²) in [6, 6.07) is 3.80. The van der Waals surface area contributed by atoms with E-state index in [1.54, 1.807) is 10.9 Å². The fraction of sp³-hybridized carbons (Fsp3) is 0.467. The maximum absolute atomic E-state index is 11.8. The Balaban J connectivity index is 2.17. The predicted octanol–water partition coefficient (Wildman–Crippen LogP) is 1.61. The van der Waals surface area contributed by atoms with Crippen molar-refractivity contribution < 1.29 is 4.79 Å². The summed E-state index contributed by atoms with van der Waals surface area (Å²) in [4.78, 5) is 20.6. The number of amides is 1. The Bertz CT molecular complexity index is 700. The third-order valence-electron chi connectivity index (χ3n) is 3.91. The molecule has 1 amide bonds. The van der Waals surface area contributed by atoms with Crippen LogP contribution in [-0.4, -0.2) is 25.7 Å². The lowest BCUT2D eigenvalue weighted by molar-refractivity contribution is -0.120. The summed E-state index contributed by atoms with van der Waals surface area (Å²) in [7, 11) is 0. The molecule has 2 aromatic rings. The van der Waals surface area contributed by atoms with Crippen LogP contribution in [-0.2, 0) is 10.2 Å². The number of aryl methyl sites for hydroxylation is 1. The standard InChI is InChI=1S/C15H19N5O/c1-9(2)12-18-14(15(5-6-15)13(16)21)20(19-12)11-4-7-17-10(3)8-11/h4,7-9H,5-6H2,1-3H3,(H2,16,21). The Morgan fingerprint density at radius 1 is 1.43 bits per heavy atom. The van der Waals surface area contributed by atoms with E-state index in [1.165, 1.54) is 0 Å². The monoisotopic (exact) mass is 285 g/mol. The van der Waals surface area contributed by atoms with Crippen molar-refractivity contribution in [3.05, 3.63) is 35.7 Å². The van der Waals surface area contributed by atoms with Gasteiger partial charge in [0.05, 0.1) is 5.69 Å². The number of carbonyl (C=O) groups is 1. The molecule has 6 nitrogen and oxygen atoms in total. The van der Waals surface area contributed by atoms with Crippen LogP contribution in [0.5, 0.6) is 0 Å². The van der Waals surface area contributed by atoms with Crippen LogP contribution in [0.1, 0.15) is 49.9 Å². The van der Waals surface area contributed by atoms with Gasteiger partial charge in [-0.25, -0.2) is 9.67 Å². The summed E-state index contributed by atoms with van der Waals surface area (Å²) >= 11 is 0. The van der Waals surface area contributed by atoms with Crippen LogP contribution in [0.4, 0.5) is 0 Å². The third-order valence-corrected chi connectivity index (χ3v) is 3.91. The van der Waals surface area contributed by atoms with Gasteiger partial charge < -0.3 is 5.73 Å². The van der Waals surface area contributed by atoms with Crippen molar-refractivity contribution in [3.8, 4) is 5.69 Å². The molecule has 1 aliphatic rings. The van der Waals surface area contributed by atoms with Gasteiger partial charge in [0.15, 0.2) is 5.82 Å². The minimum Gasteiger partial charge on any atom is -0.369 e. The lowest BCUT2D eigenvalue weighted by Crippen LogP contribution is -2.31. The number of nitrogens with two attached hydrogens (primary N) is 1. The van der Waals surface area contributed by atoms with Crippen LogP contribution in [0, 0.1) is 6.92 Å². The van der Waals surface area contributed by atoms with E-state index in [1.807, 2.05) is 32.9 Å². The Morgan fingerprint density at radius 3 is 2.67 bits per heavy atom. The molecule has 110 valence electrons. The molecule has 3 rings (SSSR count). The Morgan fingerprint density at radius 2 is 2.14 bits per heavy atom. The first kappa shape index (κ1) is 13.7. The average Bonchev–Trinajstić information content (AvgIpc) is 3.11. The zero-order valence-electron chi connectivity index (χ0n) is 12.5. The van der Waals surface area contributed by atoms with Gasteiger partial charge in [-0.05, 0) is 31.9 Å². The van der Waals surface area contributed by atoms with Gasteiger partial charge in [-0.1, -0.05) is 13.8 Å². The van der Waals surface area contributed by atoms with Crippen molar-refractivity contribution in [3.63, 3.8) is 0 Å². The molecule has 21 heavy (non-hydrogen) atoms. The van der Waals surface area contributed by atoms with Gasteiger partial charge in [0.2, 0.25) is 5.91 Å². The van der Waals surface area contributed by atoms with Gasteiger partial charge in [0.25, 0.3) is 0 Å². The summed E-state index contributed by atoms with van der Waals surface area (Å²) in [5.74, 6) is 1.25. The second-order valence-corrected chi connectivity index (χ2v) is 5.96. The maximum Gasteiger partial charge on any atom is 0.231 e. The predicted molar refractivity (Wildman–Crippen MR) is 78.1 cm³/mol. The van der Waals surface area contributed by atoms with E-state index < -0.39 is 5.41 Å². The van der Waals surface area contributed by atoms with Crippen LogP contribution in [0.25, 0.3) is 5.69 Å². The maximum atomic E-state index is 11.8. The Kier molecular flexibility index (Phi) is 3.04. The van der Waals surface area contributed by atoms with Gasteiger partial charge in [0.1, 0.15) is 11.2 Å². The molecule has 6 heteroatoms. The summed E-state index contributed by atoms with van der Waals surface area (Å²) in [5, 5.41) is 4.58. The highest BCUT2D eigenvalue weighted by Crippen LogP contribution is 2.47. The van der Waals surface area contributed by atoms with Crippen LogP contribution in [0.3, 0.4) is 0 Å². The number of nitrogens with zero attached hydrogens (tertiary/aromatic N) is 4. The Hall–Kier alpha value is -2.24. The molecule has 1 saturated carbocycles. The van der Waals surface area contributed by atoms with Gasteiger partial charge in [-0.2, -0.15) is 5.10 Å². The molecule has 2 aromatic heterocycles. The number of rotatable bonds is 4. The molecule has 0 aliphatic heterocycles. The molecular formula is C15H19N5O. The zero-order chi connectivity index (χ0) is 15.2. The van der Waals surface area contributed by atoms with Crippen LogP contribution in [0.15, 0.2) is 18.3 Å². The molecule has 1 aliphatic carbocycles. The SMILES string of the molecule is Cc1cc(-n2nc(C(C)C)nc2C2(C(N)=O)CC2)ccn1. The number of hydrogen-bond donors (Lipinski definition) is 1. The van der Waals surface area contributed by atoms with E-state index in [-0.39, 0.29) is 11.8 Å². The molecule has 2 heterocycles. The number of carbonyl (C=O) groups excluding carboxylic acids is 1. The third kappa shape index (κ3) is 2.20. The van der Waals surface area contributed by atoms with Crippen molar-refractivity contribution in [2.45, 2.75) is 44.9 Å². The lowest BCUT2D eigenvalue weighted by atomic mass is 10.1. The summed E-state index contributed by atoms with van der Waals surface area (Å²) in [5.41, 5.74) is 6.70. The fourth-order valence-corrected chi connectivity index (χ4v) is 2.43. The molecule has 0 atom stereocenters. The van der Waals surface area contributed by atoms with E-state index in [0.29, 0.717) is 5.82 Å². The molecule has 0 aromatic carbocycles. The molecule has 0 spiro atoms. The topological polar surface area (TPSA) is 86.7 Å². The zero-order valence-corrected chi connectivity index (χ0v) is 12.5. The smallest absolute Gasteiger partial charge is 0.231 e. The van der Waals surface area contributed by atoms with E-state index in [0.717, 1.165) is 30.0 Å². The second kappa shape index (κ2) is 4.65. The Labute approximate surface area is 123 Å². The van der Waals surface area contributed by atoms with Gasteiger partial charge in [-0.3, -0.25) is 9.78 Å². The average molecular weight is 285 g/mol. The lowest BCUT2D eigenvalue weighted by Gasteiger charge is -2.12. The molecule has 2 N–H and O–H groups in total. The molecule has 1 fully saturated rings. The minimum absolute atomic E-state index is 0.191. The van der Waals surface area contributed by atoms with E-state index in [4.69, 9.17) is 5.73 Å². The van der Waals surface area contributed by atoms with Crippen LogP contribution < -0.4 is 5.73 Å². The first-order valence-corrected chi connectivity index (χ1v) is 7.14. The molecule has 0 saturated heterocycles. The van der Waals surface area contributed by atoms with Crippen LogP contribution in [0.2, 0.25) is 0 Å². The van der Waals surface area contributed by atoms with Gasteiger partial charge in [-0.15, -0.1) is 0 Å². The van der Waals surface area contributed by atoms with Gasteiger partial charge in [0, 0.05) is 17.8 Å². The minimum atomic E-state index is -0.655. The van der Waals surface area contributed by atoms with Crippen molar-refractivity contribution in [2.75, 3.05) is 0 Å². The second-order valence-electron chi connectivity index (χ2n) is 5.96. The number of hydrogen-bond acceptors (Lipinski definition) is 4. The summed E-state index contributed by atoms with van der Waals surface area (Å²) < 4.78 is 1.75. The first-order valence-electron chi connectivity index (χ1n) is 7.14. The van der Waals surface area contributed by atoms with Crippen LogP contribution >= 0.6 is 0 Å². The molecule has 0 unspecified atom stereocenters. The molecule has 0 bridgehead atoms. The first-order chi connectivity index (χ1) is 9.94. The highest BCUT2D eigenvalue weighted by Gasteiger charge is 2.54. The highest BCUT2D eigenvalue weighted by molar-refractivity contribution is 5.89. The van der Waals surface area contributed by atoms with Crippen molar-refractivity contribution in [1.29, 1.82) is 0 Å². The number of primary amides is 1. The molecule has 0 radical (unpaired) electrons. The summed E-state index contributed by atoms with van der Waals surface area (Å²) in [6.45, 7) is 5.99. The van der Waals surface area contributed by atoms with Crippen molar-refractivity contribution in [1.82, 2.24) is 19.7 Å². The van der Waals surface area contributed by atoms with Crippen molar-refractivity contribution >= 4 is 5.91 Å². The van der Waals surface area contributed by atoms with E-state index in [2.05, 4.69) is 15.1 Å². The number of aromatic nitrogens is 4. The normalized spacial score (nSPS) is 16.2. The molecular weight excluding hydrogens is 266 g/mol. The fourth-order valence-electron chi connectivity index (χ4n) is 2.43. The van der Waals surface area contributed by atoms with E-state index in [9.17, 15) is 4.79 Å².